The highest BCUT2D eigenvalue weighted by molar-refractivity contribution is 5.95. The number of nitrogens with one attached hydrogen (secondary N) is 1. The van der Waals surface area contributed by atoms with Crippen molar-refractivity contribution >= 4 is 11.9 Å². The Morgan fingerprint density at radius 1 is 1.03 bits per heavy atom. The molecule has 0 aliphatic carbocycles. The number of imidazole rings is 1. The zero-order valence-corrected chi connectivity index (χ0v) is 16.9. The van der Waals surface area contributed by atoms with Crippen molar-refractivity contribution in [3.05, 3.63) is 53.7 Å². The first-order valence-electron chi connectivity index (χ1n) is 9.71. The summed E-state index contributed by atoms with van der Waals surface area (Å²) in [6.45, 7) is 5.68. The Kier molecular flexibility index (Phi) is 5.18. The molecule has 0 unspecified atom stereocenters. The number of aromatic nitrogens is 4. The maximum Gasteiger partial charge on any atom is 0.314 e. The van der Waals surface area contributed by atoms with E-state index in [9.17, 15) is 9.59 Å². The summed E-state index contributed by atoms with van der Waals surface area (Å²) >= 11 is 0. The number of pyridine rings is 2. The van der Waals surface area contributed by atoms with E-state index in [1.54, 1.807) is 23.5 Å². The van der Waals surface area contributed by atoms with E-state index < -0.39 is 6.03 Å². The van der Waals surface area contributed by atoms with Gasteiger partial charge in [-0.15, -0.1) is 0 Å². The zero-order chi connectivity index (χ0) is 21.3. The van der Waals surface area contributed by atoms with E-state index in [0.29, 0.717) is 37.6 Å². The highest BCUT2D eigenvalue weighted by atomic mass is 16.2. The first-order chi connectivity index (χ1) is 14.4. The fraction of sp³-hybridized carbons (Fsp3) is 0.286. The second kappa shape index (κ2) is 7.94. The van der Waals surface area contributed by atoms with E-state index >= 15 is 0 Å². The molecular formula is C21H23N7O2. The van der Waals surface area contributed by atoms with Gasteiger partial charge in [0.1, 0.15) is 5.69 Å². The molecule has 4 heterocycles. The van der Waals surface area contributed by atoms with Crippen molar-refractivity contribution in [1.82, 2.24) is 29.7 Å². The van der Waals surface area contributed by atoms with Gasteiger partial charge in [0, 0.05) is 56.0 Å². The smallest absolute Gasteiger partial charge is 0.314 e. The van der Waals surface area contributed by atoms with Crippen LogP contribution in [-0.4, -0.2) is 67.9 Å². The minimum atomic E-state index is -0.457. The fourth-order valence-corrected chi connectivity index (χ4v) is 3.44. The molecule has 30 heavy (non-hydrogen) atoms. The molecule has 1 aliphatic rings. The molecule has 1 fully saturated rings. The molecule has 0 spiro atoms. The first-order valence-corrected chi connectivity index (χ1v) is 9.71. The Balaban J connectivity index is 1.56. The van der Waals surface area contributed by atoms with Crippen molar-refractivity contribution in [3.8, 4) is 22.6 Å². The number of hydrogen-bond acceptors (Lipinski definition) is 5. The molecule has 1 saturated heterocycles. The van der Waals surface area contributed by atoms with E-state index in [2.05, 4.69) is 19.9 Å². The second-order valence-electron chi connectivity index (χ2n) is 7.31. The predicted octanol–water partition coefficient (Wildman–Crippen LogP) is 1.99. The minimum absolute atomic E-state index is 0.111. The molecule has 3 aromatic heterocycles. The summed E-state index contributed by atoms with van der Waals surface area (Å²) in [7, 11) is 0. The summed E-state index contributed by atoms with van der Waals surface area (Å²) in [5.74, 6) is 0.597. The maximum absolute atomic E-state index is 12.9. The van der Waals surface area contributed by atoms with Crippen LogP contribution < -0.4 is 5.73 Å². The Hall–Kier alpha value is -3.75. The average molecular weight is 405 g/mol. The number of hydrogen-bond donors (Lipinski definition) is 2. The summed E-state index contributed by atoms with van der Waals surface area (Å²) in [5, 5.41) is 0. The number of primary amides is 1. The third kappa shape index (κ3) is 3.86. The van der Waals surface area contributed by atoms with Gasteiger partial charge in [0.05, 0.1) is 11.3 Å². The van der Waals surface area contributed by atoms with Crippen molar-refractivity contribution in [2.24, 2.45) is 5.73 Å². The monoisotopic (exact) mass is 405 g/mol. The number of nitrogens with zero attached hydrogens (tertiary/aromatic N) is 5. The standard InChI is InChI=1S/C21H23N7O2/c1-13-14(2)26-19(25-13)18-10-15(3-4-24-18)16-9-17(12-23-11-16)20(29)27-5-7-28(8-6-27)21(22)30/h3-4,9-12H,5-8H2,1-2H3,(H2,22,30)(H,25,26). The highest BCUT2D eigenvalue weighted by Crippen LogP contribution is 2.24. The number of urea groups is 1. The van der Waals surface area contributed by atoms with Gasteiger partial charge in [-0.3, -0.25) is 14.8 Å². The third-order valence-electron chi connectivity index (χ3n) is 5.33. The van der Waals surface area contributed by atoms with Gasteiger partial charge in [-0.25, -0.2) is 9.78 Å². The zero-order valence-electron chi connectivity index (χ0n) is 16.9. The van der Waals surface area contributed by atoms with Crippen LogP contribution >= 0.6 is 0 Å². The predicted molar refractivity (Wildman–Crippen MR) is 112 cm³/mol. The molecule has 0 aromatic carbocycles. The first kappa shape index (κ1) is 19.6. The molecule has 9 nitrogen and oxygen atoms in total. The molecule has 154 valence electrons. The van der Waals surface area contributed by atoms with E-state index in [1.165, 1.54) is 4.90 Å². The number of nitrogens with two attached hydrogens (primary N) is 1. The highest BCUT2D eigenvalue weighted by Gasteiger charge is 2.24. The lowest BCUT2D eigenvalue weighted by Gasteiger charge is -2.33. The van der Waals surface area contributed by atoms with Crippen molar-refractivity contribution in [3.63, 3.8) is 0 Å². The Labute approximate surface area is 174 Å². The largest absolute Gasteiger partial charge is 0.351 e. The number of aromatic amines is 1. The molecule has 0 radical (unpaired) electrons. The van der Waals surface area contributed by atoms with E-state index in [0.717, 1.165) is 28.2 Å². The fourth-order valence-electron chi connectivity index (χ4n) is 3.44. The van der Waals surface area contributed by atoms with Gasteiger partial charge < -0.3 is 20.5 Å². The van der Waals surface area contributed by atoms with Crippen molar-refractivity contribution in [1.29, 1.82) is 0 Å². The van der Waals surface area contributed by atoms with Gasteiger partial charge in [0.25, 0.3) is 5.91 Å². The van der Waals surface area contributed by atoms with Gasteiger partial charge in [0.15, 0.2) is 5.82 Å². The number of rotatable bonds is 3. The molecule has 4 rings (SSSR count). The summed E-state index contributed by atoms with van der Waals surface area (Å²) in [5.41, 5.74) is 10.2. The number of carbonyl (C=O) groups excluding carboxylic acids is 2. The van der Waals surface area contributed by atoms with Crippen LogP contribution in [0.1, 0.15) is 21.7 Å². The van der Waals surface area contributed by atoms with Crippen LogP contribution in [0.15, 0.2) is 36.8 Å². The van der Waals surface area contributed by atoms with E-state index in [4.69, 9.17) is 5.73 Å². The SMILES string of the molecule is Cc1nc(-c2cc(-c3cncc(C(=O)N4CCN(C(N)=O)CC4)c3)ccn2)[nH]c1C. The summed E-state index contributed by atoms with van der Waals surface area (Å²) < 4.78 is 0. The van der Waals surface area contributed by atoms with Crippen molar-refractivity contribution in [2.45, 2.75) is 13.8 Å². The number of aryl methyl sites for hydroxylation is 2. The van der Waals surface area contributed by atoms with E-state index in [1.807, 2.05) is 32.0 Å². The molecule has 0 bridgehead atoms. The van der Waals surface area contributed by atoms with Gasteiger partial charge >= 0.3 is 6.03 Å². The normalized spacial score (nSPS) is 14.1. The van der Waals surface area contributed by atoms with Crippen LogP contribution in [0.3, 0.4) is 0 Å². The van der Waals surface area contributed by atoms with Gasteiger partial charge in [0.2, 0.25) is 0 Å². The number of piperazine rings is 1. The van der Waals surface area contributed by atoms with Crippen LogP contribution in [0.5, 0.6) is 0 Å². The Morgan fingerprint density at radius 2 is 1.77 bits per heavy atom. The summed E-state index contributed by atoms with van der Waals surface area (Å²) in [6.07, 6.45) is 5.00. The average Bonchev–Trinajstić information content (AvgIpc) is 3.12. The maximum atomic E-state index is 12.9. The summed E-state index contributed by atoms with van der Waals surface area (Å²) in [4.78, 5) is 43.9. The van der Waals surface area contributed by atoms with Gasteiger partial charge in [-0.1, -0.05) is 0 Å². The minimum Gasteiger partial charge on any atom is -0.351 e. The van der Waals surface area contributed by atoms with Crippen LogP contribution in [0.2, 0.25) is 0 Å². The topological polar surface area (TPSA) is 121 Å². The lowest BCUT2D eigenvalue weighted by molar-refractivity contribution is 0.0669. The third-order valence-corrected chi connectivity index (χ3v) is 5.33. The van der Waals surface area contributed by atoms with Crippen LogP contribution in [0.4, 0.5) is 4.79 Å². The Bertz CT molecular complexity index is 1080. The molecule has 9 heteroatoms. The molecule has 3 aromatic rings. The van der Waals surface area contributed by atoms with E-state index in [-0.39, 0.29) is 5.91 Å². The number of carbonyl (C=O) groups is 2. The molecule has 0 atom stereocenters. The van der Waals surface area contributed by atoms with Crippen LogP contribution in [0.25, 0.3) is 22.6 Å². The molecule has 3 N–H and O–H groups in total. The van der Waals surface area contributed by atoms with Gasteiger partial charge in [-0.2, -0.15) is 0 Å². The Morgan fingerprint density at radius 3 is 2.43 bits per heavy atom. The van der Waals surface area contributed by atoms with Crippen molar-refractivity contribution < 1.29 is 9.59 Å². The summed E-state index contributed by atoms with van der Waals surface area (Å²) in [6, 6.07) is 5.17. The lowest BCUT2D eigenvalue weighted by atomic mass is 10.1. The van der Waals surface area contributed by atoms with Crippen molar-refractivity contribution in [2.75, 3.05) is 26.2 Å². The number of H-pyrrole nitrogens is 1. The molecular weight excluding hydrogens is 382 g/mol. The lowest BCUT2D eigenvalue weighted by Crippen LogP contribution is -2.52. The number of amides is 3. The van der Waals surface area contributed by atoms with Gasteiger partial charge in [-0.05, 0) is 37.6 Å². The molecule has 1 aliphatic heterocycles. The second-order valence-corrected chi connectivity index (χ2v) is 7.31. The molecule has 3 amide bonds. The quantitative estimate of drug-likeness (QED) is 0.690. The van der Waals surface area contributed by atoms with Crippen LogP contribution in [0, 0.1) is 13.8 Å². The van der Waals surface area contributed by atoms with Crippen LogP contribution in [-0.2, 0) is 0 Å². The molecule has 0 saturated carbocycles.